The quantitative estimate of drug-likeness (QED) is 0.611. The van der Waals surface area contributed by atoms with Crippen molar-refractivity contribution in [2.45, 2.75) is 39.3 Å². The number of likely N-dealkylation sites (tertiary alicyclic amines) is 1. The van der Waals surface area contributed by atoms with Crippen LogP contribution in [0.1, 0.15) is 32.3 Å². The Balaban J connectivity index is 2.07. The van der Waals surface area contributed by atoms with Crippen LogP contribution in [0.3, 0.4) is 0 Å². The second kappa shape index (κ2) is 4.96. The van der Waals surface area contributed by atoms with E-state index < -0.39 is 0 Å². The molecule has 17 heavy (non-hydrogen) atoms. The largest absolute Gasteiger partial charge is 0.508 e. The maximum Gasteiger partial charge on any atom is 0.120 e. The zero-order valence-electron chi connectivity index (χ0n) is 10.7. The molecule has 2 atom stereocenters. The molecule has 0 aromatic heterocycles. The number of nitrogens with zero attached hydrogens (tertiary/aromatic N) is 1. The number of hydrogen-bond donors (Lipinski definition) is 2. The average molecular weight is 234 g/mol. The van der Waals surface area contributed by atoms with Gasteiger partial charge < -0.3 is 10.8 Å². The fourth-order valence-corrected chi connectivity index (χ4v) is 2.64. The van der Waals surface area contributed by atoms with Gasteiger partial charge in [0.05, 0.1) is 0 Å². The number of phenolic OH excluding ortho intramolecular Hbond substituents is 1. The van der Waals surface area contributed by atoms with Gasteiger partial charge in [0, 0.05) is 23.8 Å². The van der Waals surface area contributed by atoms with Crippen molar-refractivity contribution in [2.75, 3.05) is 12.3 Å². The van der Waals surface area contributed by atoms with E-state index in [1.165, 1.54) is 12.8 Å². The van der Waals surface area contributed by atoms with Crippen LogP contribution in [0.4, 0.5) is 5.69 Å². The van der Waals surface area contributed by atoms with Gasteiger partial charge in [0.25, 0.3) is 0 Å². The molecule has 1 fully saturated rings. The number of nitrogens with two attached hydrogens (primary N) is 1. The molecule has 0 radical (unpaired) electrons. The Morgan fingerprint density at radius 1 is 1.41 bits per heavy atom. The molecule has 3 heteroatoms. The summed E-state index contributed by atoms with van der Waals surface area (Å²) in [5.41, 5.74) is 7.41. The van der Waals surface area contributed by atoms with Crippen LogP contribution in [0, 0.1) is 5.92 Å². The molecule has 1 heterocycles. The maximum atomic E-state index is 9.82. The number of piperidine rings is 1. The minimum absolute atomic E-state index is 0.352. The predicted octanol–water partition coefficient (Wildman–Crippen LogP) is 2.59. The highest BCUT2D eigenvalue weighted by molar-refractivity contribution is 5.47. The number of benzene rings is 1. The van der Waals surface area contributed by atoms with Crippen LogP contribution in [-0.4, -0.2) is 22.6 Å². The molecule has 0 spiro atoms. The highest BCUT2D eigenvalue weighted by atomic mass is 16.3. The van der Waals surface area contributed by atoms with E-state index >= 15 is 0 Å². The van der Waals surface area contributed by atoms with Crippen molar-refractivity contribution in [3.05, 3.63) is 23.8 Å². The van der Waals surface area contributed by atoms with E-state index in [1.807, 2.05) is 6.07 Å². The van der Waals surface area contributed by atoms with Crippen molar-refractivity contribution in [1.82, 2.24) is 4.90 Å². The van der Waals surface area contributed by atoms with Crippen molar-refractivity contribution in [3.63, 3.8) is 0 Å². The Labute approximate surface area is 103 Å². The summed E-state index contributed by atoms with van der Waals surface area (Å²) in [6.07, 6.45) is 2.48. The van der Waals surface area contributed by atoms with Crippen molar-refractivity contribution in [2.24, 2.45) is 5.92 Å². The molecule has 0 amide bonds. The van der Waals surface area contributed by atoms with Gasteiger partial charge >= 0.3 is 0 Å². The van der Waals surface area contributed by atoms with Crippen LogP contribution in [0.15, 0.2) is 18.2 Å². The predicted molar refractivity (Wildman–Crippen MR) is 70.8 cm³/mol. The van der Waals surface area contributed by atoms with Gasteiger partial charge in [-0.2, -0.15) is 0 Å². The highest BCUT2D eigenvalue weighted by Gasteiger charge is 2.23. The summed E-state index contributed by atoms with van der Waals surface area (Å²) in [6, 6.07) is 5.88. The van der Waals surface area contributed by atoms with Crippen molar-refractivity contribution in [3.8, 4) is 5.75 Å². The average Bonchev–Trinajstić information content (AvgIpc) is 2.27. The molecule has 0 aliphatic carbocycles. The smallest absolute Gasteiger partial charge is 0.120 e. The second-order valence-electron chi connectivity index (χ2n) is 5.34. The van der Waals surface area contributed by atoms with E-state index in [2.05, 4.69) is 18.7 Å². The molecule has 1 saturated heterocycles. The number of nitrogen functional groups attached to an aromatic ring is 1. The zero-order valence-corrected chi connectivity index (χ0v) is 10.7. The Hall–Kier alpha value is -1.22. The lowest BCUT2D eigenvalue weighted by Gasteiger charge is -2.36. The summed E-state index contributed by atoms with van der Waals surface area (Å²) in [5.74, 6) is 1.17. The van der Waals surface area contributed by atoms with Crippen molar-refractivity contribution < 1.29 is 5.11 Å². The third-order valence-electron chi connectivity index (χ3n) is 3.75. The third kappa shape index (κ3) is 2.91. The molecule has 0 saturated carbocycles. The molecule has 2 unspecified atom stereocenters. The number of aromatic hydroxyl groups is 1. The molecule has 0 bridgehead atoms. The Morgan fingerprint density at radius 2 is 2.18 bits per heavy atom. The molecular weight excluding hydrogens is 212 g/mol. The fourth-order valence-electron chi connectivity index (χ4n) is 2.64. The Morgan fingerprint density at radius 3 is 2.88 bits per heavy atom. The monoisotopic (exact) mass is 234 g/mol. The van der Waals surface area contributed by atoms with E-state index in [0.717, 1.165) is 30.3 Å². The zero-order chi connectivity index (χ0) is 12.4. The van der Waals surface area contributed by atoms with Crippen LogP contribution in [0.2, 0.25) is 0 Å². The summed E-state index contributed by atoms with van der Waals surface area (Å²) in [5, 5.41) is 9.82. The maximum absolute atomic E-state index is 9.82. The van der Waals surface area contributed by atoms with Gasteiger partial charge in [-0.25, -0.2) is 0 Å². The molecule has 3 N–H and O–H groups in total. The number of phenols is 1. The second-order valence-corrected chi connectivity index (χ2v) is 5.34. The lowest BCUT2D eigenvalue weighted by Crippen LogP contribution is -2.39. The topological polar surface area (TPSA) is 49.5 Å². The third-order valence-corrected chi connectivity index (χ3v) is 3.75. The highest BCUT2D eigenvalue weighted by Crippen LogP contribution is 2.27. The van der Waals surface area contributed by atoms with E-state index in [0.29, 0.717) is 11.8 Å². The molecule has 94 valence electrons. The first-order valence-electron chi connectivity index (χ1n) is 6.37. The normalized spacial score (nSPS) is 26.0. The van der Waals surface area contributed by atoms with Gasteiger partial charge in [-0.05, 0) is 50.4 Å². The number of hydrogen-bond acceptors (Lipinski definition) is 3. The summed E-state index contributed by atoms with van der Waals surface area (Å²) in [7, 11) is 0. The molecule has 2 rings (SSSR count). The fraction of sp³-hybridized carbons (Fsp3) is 0.571. The van der Waals surface area contributed by atoms with Gasteiger partial charge in [-0.1, -0.05) is 6.92 Å². The molecular formula is C14H22N2O. The van der Waals surface area contributed by atoms with E-state index in [1.54, 1.807) is 12.1 Å². The van der Waals surface area contributed by atoms with Crippen LogP contribution < -0.4 is 5.73 Å². The standard InChI is InChI=1S/C14H22N2O/c1-10-5-6-16(11(2)7-10)9-12-8-13(15)3-4-14(12)17/h3-4,8,10-11,17H,5-7,9,15H2,1-2H3. The van der Waals surface area contributed by atoms with Crippen LogP contribution >= 0.6 is 0 Å². The van der Waals surface area contributed by atoms with E-state index in [4.69, 9.17) is 5.73 Å². The van der Waals surface area contributed by atoms with Crippen LogP contribution in [0.25, 0.3) is 0 Å². The van der Waals surface area contributed by atoms with Crippen LogP contribution in [0.5, 0.6) is 5.75 Å². The van der Waals surface area contributed by atoms with Gasteiger partial charge in [0.1, 0.15) is 5.75 Å². The summed E-state index contributed by atoms with van der Waals surface area (Å²) >= 11 is 0. The Bertz CT molecular complexity index is 392. The van der Waals surface area contributed by atoms with E-state index in [-0.39, 0.29) is 0 Å². The van der Waals surface area contributed by atoms with Gasteiger partial charge in [0.2, 0.25) is 0 Å². The number of rotatable bonds is 2. The molecule has 1 aliphatic rings. The van der Waals surface area contributed by atoms with Crippen molar-refractivity contribution >= 4 is 5.69 Å². The first-order valence-corrected chi connectivity index (χ1v) is 6.37. The first-order chi connectivity index (χ1) is 8.06. The first kappa shape index (κ1) is 12.2. The van der Waals surface area contributed by atoms with Gasteiger partial charge in [-0.3, -0.25) is 4.90 Å². The Kier molecular flexibility index (Phi) is 3.57. The van der Waals surface area contributed by atoms with Crippen molar-refractivity contribution in [1.29, 1.82) is 0 Å². The lowest BCUT2D eigenvalue weighted by atomic mass is 9.93. The SMILES string of the molecule is CC1CCN(Cc2cc(N)ccc2O)C(C)C1. The summed E-state index contributed by atoms with van der Waals surface area (Å²) < 4.78 is 0. The molecule has 3 nitrogen and oxygen atoms in total. The lowest BCUT2D eigenvalue weighted by molar-refractivity contribution is 0.121. The van der Waals surface area contributed by atoms with Crippen LogP contribution in [-0.2, 0) is 6.54 Å². The molecule has 1 aromatic rings. The minimum Gasteiger partial charge on any atom is -0.508 e. The van der Waals surface area contributed by atoms with Gasteiger partial charge in [0.15, 0.2) is 0 Å². The number of anilines is 1. The van der Waals surface area contributed by atoms with Gasteiger partial charge in [-0.15, -0.1) is 0 Å². The summed E-state index contributed by atoms with van der Waals surface area (Å²) in [6.45, 7) is 6.48. The van der Waals surface area contributed by atoms with E-state index in [9.17, 15) is 5.11 Å². The molecule has 1 aromatic carbocycles. The summed E-state index contributed by atoms with van der Waals surface area (Å²) in [4.78, 5) is 2.43. The molecule has 1 aliphatic heterocycles. The minimum atomic E-state index is 0.352.